The molecule has 0 amide bonds. The number of aliphatic hydroxyl groups is 1. The van der Waals surface area contributed by atoms with Crippen LogP contribution in [-0.2, 0) is 0 Å². The van der Waals surface area contributed by atoms with Crippen LogP contribution in [-0.4, -0.2) is 41.7 Å². The average molecular weight is 294 g/mol. The van der Waals surface area contributed by atoms with Gasteiger partial charge in [-0.3, -0.25) is 0 Å². The summed E-state index contributed by atoms with van der Waals surface area (Å²) in [6, 6.07) is 4.53. The fourth-order valence-corrected chi connectivity index (χ4v) is 3.20. The fourth-order valence-electron chi connectivity index (χ4n) is 3.20. The maximum Gasteiger partial charge on any atom is 0.132 e. The Morgan fingerprint density at radius 1 is 1.33 bits per heavy atom. The number of nitrogens with zero attached hydrogens (tertiary/aromatic N) is 1. The van der Waals surface area contributed by atoms with Crippen LogP contribution < -0.4 is 5.32 Å². The number of rotatable bonds is 7. The summed E-state index contributed by atoms with van der Waals surface area (Å²) in [5.41, 5.74) is 0. The van der Waals surface area contributed by atoms with E-state index in [9.17, 15) is 5.11 Å². The molecule has 2 atom stereocenters. The Bertz CT molecular complexity index is 384. The molecule has 2 heterocycles. The van der Waals surface area contributed by atoms with Crippen molar-refractivity contribution in [3.8, 4) is 0 Å². The van der Waals surface area contributed by atoms with Gasteiger partial charge in [0.25, 0.3) is 0 Å². The molecule has 0 spiro atoms. The van der Waals surface area contributed by atoms with Gasteiger partial charge in [-0.15, -0.1) is 0 Å². The molecular weight excluding hydrogens is 264 g/mol. The summed E-state index contributed by atoms with van der Waals surface area (Å²) in [7, 11) is 0. The fraction of sp³-hybridized carbons (Fsp3) is 0.765. The van der Waals surface area contributed by atoms with Crippen LogP contribution in [0.25, 0.3) is 0 Å². The highest BCUT2D eigenvalue weighted by molar-refractivity contribution is 5.02. The first-order chi connectivity index (χ1) is 10.0. The van der Waals surface area contributed by atoms with E-state index in [1.54, 1.807) is 6.26 Å². The van der Waals surface area contributed by atoms with Crippen molar-refractivity contribution in [1.29, 1.82) is 0 Å². The number of likely N-dealkylation sites (tertiary alicyclic amines) is 1. The number of piperidine rings is 1. The third kappa shape index (κ3) is 5.46. The van der Waals surface area contributed by atoms with Crippen LogP contribution in [0, 0.1) is 5.92 Å². The molecule has 2 unspecified atom stereocenters. The smallest absolute Gasteiger partial charge is 0.132 e. The first-order valence-corrected chi connectivity index (χ1v) is 8.24. The van der Waals surface area contributed by atoms with Crippen LogP contribution in [0.4, 0.5) is 0 Å². The molecule has 1 aliphatic heterocycles. The van der Waals surface area contributed by atoms with Gasteiger partial charge in [-0.25, -0.2) is 0 Å². The van der Waals surface area contributed by atoms with Crippen molar-refractivity contribution in [3.05, 3.63) is 24.2 Å². The van der Waals surface area contributed by atoms with E-state index in [1.165, 1.54) is 32.5 Å². The van der Waals surface area contributed by atoms with Crippen LogP contribution in [0.2, 0.25) is 0 Å². The van der Waals surface area contributed by atoms with Crippen LogP contribution in [0.3, 0.4) is 0 Å². The van der Waals surface area contributed by atoms with E-state index < -0.39 is 6.10 Å². The molecule has 2 rings (SSSR count). The predicted molar refractivity (Wildman–Crippen MR) is 85.2 cm³/mol. The molecule has 1 fully saturated rings. The van der Waals surface area contributed by atoms with Crippen LogP contribution >= 0.6 is 0 Å². The van der Waals surface area contributed by atoms with Gasteiger partial charge in [0.15, 0.2) is 0 Å². The Labute approximate surface area is 128 Å². The molecule has 1 aromatic rings. The van der Waals surface area contributed by atoms with Gasteiger partial charge in [0.1, 0.15) is 11.9 Å². The van der Waals surface area contributed by atoms with Crippen LogP contribution in [0.15, 0.2) is 22.8 Å². The molecular formula is C17H30N2O2. The van der Waals surface area contributed by atoms with Gasteiger partial charge in [-0.05, 0) is 57.3 Å². The van der Waals surface area contributed by atoms with Gasteiger partial charge in [0, 0.05) is 18.6 Å². The van der Waals surface area contributed by atoms with Crippen molar-refractivity contribution in [1.82, 2.24) is 10.2 Å². The number of hydrogen-bond donors (Lipinski definition) is 2. The summed E-state index contributed by atoms with van der Waals surface area (Å²) in [5, 5.41) is 13.8. The molecule has 0 saturated carbocycles. The van der Waals surface area contributed by atoms with Crippen molar-refractivity contribution < 1.29 is 9.52 Å². The lowest BCUT2D eigenvalue weighted by atomic mass is 10.0. The summed E-state index contributed by atoms with van der Waals surface area (Å²) in [6.45, 7) is 10.3. The maximum absolute atomic E-state index is 10.1. The summed E-state index contributed by atoms with van der Waals surface area (Å²) >= 11 is 0. The highest BCUT2D eigenvalue weighted by atomic mass is 16.4. The Hall–Kier alpha value is -0.840. The third-order valence-corrected chi connectivity index (χ3v) is 4.18. The van der Waals surface area contributed by atoms with E-state index in [0.29, 0.717) is 24.3 Å². The molecule has 0 aromatic carbocycles. The van der Waals surface area contributed by atoms with Gasteiger partial charge >= 0.3 is 0 Å². The molecule has 1 aliphatic rings. The topological polar surface area (TPSA) is 48.6 Å². The SMILES string of the molecule is CC(C)CN1CCC(NC(C)CC(O)c2ccco2)CC1. The van der Waals surface area contributed by atoms with Gasteiger partial charge in [-0.2, -0.15) is 0 Å². The molecule has 0 bridgehead atoms. The highest BCUT2D eigenvalue weighted by Gasteiger charge is 2.22. The van der Waals surface area contributed by atoms with Crippen molar-refractivity contribution in [2.75, 3.05) is 19.6 Å². The average Bonchev–Trinajstić information content (AvgIpc) is 2.94. The van der Waals surface area contributed by atoms with E-state index in [1.807, 2.05) is 12.1 Å². The molecule has 0 radical (unpaired) electrons. The number of nitrogens with one attached hydrogen (secondary N) is 1. The minimum absolute atomic E-state index is 0.298. The van der Waals surface area contributed by atoms with Gasteiger partial charge in [0.05, 0.1) is 6.26 Å². The summed E-state index contributed by atoms with van der Waals surface area (Å²) in [6.07, 6.45) is 4.20. The standard InChI is InChI=1S/C17H30N2O2/c1-13(2)12-19-8-6-15(7-9-19)18-14(3)11-16(20)17-5-4-10-21-17/h4-5,10,13-16,18,20H,6-9,11-12H2,1-3H3. The van der Waals surface area contributed by atoms with Crippen LogP contribution in [0.5, 0.6) is 0 Å². The quantitative estimate of drug-likeness (QED) is 0.812. The normalized spacial score (nSPS) is 20.8. The van der Waals surface area contributed by atoms with E-state index in [2.05, 4.69) is 31.0 Å². The number of aliphatic hydroxyl groups excluding tert-OH is 1. The number of hydrogen-bond acceptors (Lipinski definition) is 4. The Morgan fingerprint density at radius 2 is 2.05 bits per heavy atom. The molecule has 21 heavy (non-hydrogen) atoms. The third-order valence-electron chi connectivity index (χ3n) is 4.18. The van der Waals surface area contributed by atoms with E-state index >= 15 is 0 Å². The molecule has 4 heteroatoms. The van der Waals surface area contributed by atoms with E-state index in [-0.39, 0.29) is 0 Å². The number of furan rings is 1. The Balaban J connectivity index is 1.68. The van der Waals surface area contributed by atoms with Crippen molar-refractivity contribution in [2.24, 2.45) is 5.92 Å². The molecule has 2 N–H and O–H groups in total. The zero-order valence-electron chi connectivity index (χ0n) is 13.6. The zero-order chi connectivity index (χ0) is 15.2. The van der Waals surface area contributed by atoms with Gasteiger partial charge in [0.2, 0.25) is 0 Å². The highest BCUT2D eigenvalue weighted by Crippen LogP contribution is 2.20. The monoisotopic (exact) mass is 294 g/mol. The van der Waals surface area contributed by atoms with Crippen LogP contribution in [0.1, 0.15) is 51.9 Å². The van der Waals surface area contributed by atoms with Crippen molar-refractivity contribution in [2.45, 2.75) is 58.2 Å². The lowest BCUT2D eigenvalue weighted by Gasteiger charge is -2.35. The Kier molecular flexibility index (Phi) is 6.27. The second-order valence-electron chi connectivity index (χ2n) is 6.80. The zero-order valence-corrected chi connectivity index (χ0v) is 13.6. The summed E-state index contributed by atoms with van der Waals surface area (Å²) < 4.78 is 5.25. The van der Waals surface area contributed by atoms with Crippen molar-refractivity contribution >= 4 is 0 Å². The lowest BCUT2D eigenvalue weighted by Crippen LogP contribution is -2.46. The first-order valence-electron chi connectivity index (χ1n) is 8.24. The molecule has 1 aromatic heterocycles. The minimum atomic E-state index is -0.511. The molecule has 0 aliphatic carbocycles. The molecule has 120 valence electrons. The van der Waals surface area contributed by atoms with E-state index in [0.717, 1.165) is 5.92 Å². The largest absolute Gasteiger partial charge is 0.467 e. The minimum Gasteiger partial charge on any atom is -0.467 e. The first kappa shape index (κ1) is 16.5. The molecule has 4 nitrogen and oxygen atoms in total. The summed E-state index contributed by atoms with van der Waals surface area (Å²) in [4.78, 5) is 2.56. The van der Waals surface area contributed by atoms with Gasteiger partial charge < -0.3 is 19.7 Å². The molecule has 1 saturated heterocycles. The second kappa shape index (κ2) is 7.97. The maximum atomic E-state index is 10.1. The van der Waals surface area contributed by atoms with Gasteiger partial charge in [-0.1, -0.05) is 13.8 Å². The summed E-state index contributed by atoms with van der Waals surface area (Å²) in [5.74, 6) is 1.41. The van der Waals surface area contributed by atoms with Crippen molar-refractivity contribution in [3.63, 3.8) is 0 Å². The predicted octanol–water partition coefficient (Wildman–Crippen LogP) is 2.80. The lowest BCUT2D eigenvalue weighted by molar-refractivity contribution is 0.120. The Morgan fingerprint density at radius 3 is 2.62 bits per heavy atom. The van der Waals surface area contributed by atoms with E-state index in [4.69, 9.17) is 4.42 Å². The second-order valence-corrected chi connectivity index (χ2v) is 6.80.